The van der Waals surface area contributed by atoms with Gasteiger partial charge in [0, 0.05) is 18.8 Å². The Bertz CT molecular complexity index is 449. The van der Waals surface area contributed by atoms with Crippen molar-refractivity contribution < 1.29 is 14.7 Å². The van der Waals surface area contributed by atoms with Gasteiger partial charge < -0.3 is 15.0 Å². The van der Waals surface area contributed by atoms with Gasteiger partial charge in [0.2, 0.25) is 0 Å². The van der Waals surface area contributed by atoms with Gasteiger partial charge in [-0.3, -0.25) is 9.59 Å². The maximum Gasteiger partial charge on any atom is 0.308 e. The summed E-state index contributed by atoms with van der Waals surface area (Å²) < 4.78 is 1.99. The largest absolute Gasteiger partial charge is 0.481 e. The van der Waals surface area contributed by atoms with Crippen LogP contribution in [0.5, 0.6) is 0 Å². The lowest BCUT2D eigenvalue weighted by atomic mass is 9.93. The summed E-state index contributed by atoms with van der Waals surface area (Å²) in [5, 5.41) is 11.4. The Morgan fingerprint density at radius 1 is 1.56 bits per heavy atom. The Morgan fingerprint density at radius 3 is 2.83 bits per heavy atom. The molecule has 0 saturated heterocycles. The van der Waals surface area contributed by atoms with Crippen LogP contribution in [-0.2, 0) is 4.79 Å². The number of nitrogens with one attached hydrogen (secondary N) is 1. The number of carboxylic acids is 1. The summed E-state index contributed by atoms with van der Waals surface area (Å²) in [6.45, 7) is 1.73. The van der Waals surface area contributed by atoms with Crippen LogP contribution in [0.25, 0.3) is 0 Å². The van der Waals surface area contributed by atoms with Crippen molar-refractivity contribution in [2.45, 2.75) is 32.2 Å². The molecule has 1 fully saturated rings. The summed E-state index contributed by atoms with van der Waals surface area (Å²) in [7, 11) is 0. The number of carbonyl (C=O) groups excluding carboxylic acids is 1. The summed E-state index contributed by atoms with van der Waals surface area (Å²) in [6, 6.07) is 4.06. The van der Waals surface area contributed by atoms with E-state index in [0.29, 0.717) is 11.7 Å². The van der Waals surface area contributed by atoms with Crippen LogP contribution in [0.2, 0.25) is 0 Å². The smallest absolute Gasteiger partial charge is 0.308 e. The highest BCUT2D eigenvalue weighted by atomic mass is 16.4. The van der Waals surface area contributed by atoms with E-state index in [1.165, 1.54) is 6.42 Å². The van der Waals surface area contributed by atoms with Crippen molar-refractivity contribution in [2.75, 3.05) is 6.54 Å². The summed E-state index contributed by atoms with van der Waals surface area (Å²) in [5.74, 6) is -1.66. The molecule has 1 aliphatic carbocycles. The van der Waals surface area contributed by atoms with Gasteiger partial charge in [-0.1, -0.05) is 6.92 Å². The molecule has 1 atom stereocenters. The number of carbonyl (C=O) groups is 2. The van der Waals surface area contributed by atoms with Gasteiger partial charge >= 0.3 is 5.97 Å². The number of rotatable bonds is 5. The number of nitrogens with zero attached hydrogens (tertiary/aromatic N) is 1. The molecule has 0 radical (unpaired) electrons. The van der Waals surface area contributed by atoms with E-state index >= 15 is 0 Å². The normalized spacial score (nSPS) is 16.9. The molecular formula is C13H18N2O3. The highest BCUT2D eigenvalue weighted by Crippen LogP contribution is 2.32. The fourth-order valence-corrected chi connectivity index (χ4v) is 1.99. The van der Waals surface area contributed by atoms with E-state index in [2.05, 4.69) is 5.32 Å². The van der Waals surface area contributed by atoms with E-state index in [0.717, 1.165) is 12.8 Å². The minimum atomic E-state index is -0.898. The second kappa shape index (κ2) is 5.25. The van der Waals surface area contributed by atoms with E-state index in [-0.39, 0.29) is 12.5 Å². The molecule has 1 heterocycles. The minimum absolute atomic E-state index is 0.157. The average Bonchev–Trinajstić information content (AvgIpc) is 2.71. The zero-order chi connectivity index (χ0) is 13.1. The molecule has 1 aliphatic rings. The van der Waals surface area contributed by atoms with Gasteiger partial charge in [-0.05, 0) is 31.4 Å². The molecule has 0 aromatic carbocycles. The lowest BCUT2D eigenvalue weighted by Gasteiger charge is -2.28. The van der Waals surface area contributed by atoms with Crippen LogP contribution in [0.15, 0.2) is 18.3 Å². The molecule has 1 amide bonds. The van der Waals surface area contributed by atoms with Gasteiger partial charge in [0.1, 0.15) is 5.69 Å². The van der Waals surface area contributed by atoms with Crippen LogP contribution in [0, 0.1) is 5.92 Å². The molecule has 98 valence electrons. The molecule has 0 spiro atoms. The SMILES string of the molecule is CC(CNC(=O)c1cccn1C1CCC1)C(=O)O. The van der Waals surface area contributed by atoms with Crippen LogP contribution in [0.3, 0.4) is 0 Å². The summed E-state index contributed by atoms with van der Waals surface area (Å²) in [6.07, 6.45) is 5.35. The Balaban J connectivity index is 1.96. The van der Waals surface area contributed by atoms with Gasteiger partial charge in [0.25, 0.3) is 5.91 Å². The van der Waals surface area contributed by atoms with Crippen molar-refractivity contribution in [3.8, 4) is 0 Å². The van der Waals surface area contributed by atoms with Gasteiger partial charge in [-0.15, -0.1) is 0 Å². The molecule has 1 aromatic heterocycles. The Morgan fingerprint density at radius 2 is 2.28 bits per heavy atom. The van der Waals surface area contributed by atoms with E-state index < -0.39 is 11.9 Å². The number of hydrogen-bond donors (Lipinski definition) is 2. The first-order valence-electron chi connectivity index (χ1n) is 6.27. The molecule has 1 saturated carbocycles. The fraction of sp³-hybridized carbons (Fsp3) is 0.538. The molecule has 18 heavy (non-hydrogen) atoms. The molecule has 1 aromatic rings. The first-order valence-corrected chi connectivity index (χ1v) is 6.27. The third-order valence-corrected chi connectivity index (χ3v) is 3.47. The summed E-state index contributed by atoms with van der Waals surface area (Å²) >= 11 is 0. The number of aliphatic carboxylic acids is 1. The number of carboxylic acid groups (broad SMARTS) is 1. The average molecular weight is 250 g/mol. The number of hydrogen-bond acceptors (Lipinski definition) is 2. The second-order valence-electron chi connectivity index (χ2n) is 4.83. The third kappa shape index (κ3) is 2.55. The van der Waals surface area contributed by atoms with Crippen molar-refractivity contribution in [1.29, 1.82) is 0 Å². The van der Waals surface area contributed by atoms with E-state index in [1.807, 2.05) is 16.8 Å². The van der Waals surface area contributed by atoms with Crippen LogP contribution in [-0.4, -0.2) is 28.1 Å². The zero-order valence-electron chi connectivity index (χ0n) is 10.4. The first-order chi connectivity index (χ1) is 8.59. The maximum atomic E-state index is 12.0. The monoisotopic (exact) mass is 250 g/mol. The number of aromatic nitrogens is 1. The lowest BCUT2D eigenvalue weighted by molar-refractivity contribution is -0.140. The molecule has 1 unspecified atom stereocenters. The highest BCUT2D eigenvalue weighted by Gasteiger charge is 2.23. The number of amides is 1. The molecular weight excluding hydrogens is 232 g/mol. The van der Waals surface area contributed by atoms with Crippen LogP contribution in [0.4, 0.5) is 0 Å². The molecule has 2 N–H and O–H groups in total. The third-order valence-electron chi connectivity index (χ3n) is 3.47. The van der Waals surface area contributed by atoms with Gasteiger partial charge in [-0.2, -0.15) is 0 Å². The van der Waals surface area contributed by atoms with Crippen LogP contribution >= 0.6 is 0 Å². The van der Waals surface area contributed by atoms with Crippen molar-refractivity contribution in [3.05, 3.63) is 24.0 Å². The van der Waals surface area contributed by atoms with Crippen molar-refractivity contribution in [3.63, 3.8) is 0 Å². The maximum absolute atomic E-state index is 12.0. The Kier molecular flexibility index (Phi) is 3.69. The van der Waals surface area contributed by atoms with Crippen LogP contribution in [0.1, 0.15) is 42.7 Å². The van der Waals surface area contributed by atoms with Gasteiger partial charge in [0.15, 0.2) is 0 Å². The van der Waals surface area contributed by atoms with E-state index in [1.54, 1.807) is 13.0 Å². The van der Waals surface area contributed by atoms with E-state index in [4.69, 9.17) is 5.11 Å². The van der Waals surface area contributed by atoms with Crippen molar-refractivity contribution in [1.82, 2.24) is 9.88 Å². The summed E-state index contributed by atoms with van der Waals surface area (Å²) in [5.41, 5.74) is 0.622. The minimum Gasteiger partial charge on any atom is -0.481 e. The zero-order valence-corrected chi connectivity index (χ0v) is 10.4. The molecule has 5 heteroatoms. The Hall–Kier alpha value is -1.78. The van der Waals surface area contributed by atoms with Gasteiger partial charge in [-0.25, -0.2) is 0 Å². The second-order valence-corrected chi connectivity index (χ2v) is 4.83. The first kappa shape index (κ1) is 12.7. The summed E-state index contributed by atoms with van der Waals surface area (Å²) in [4.78, 5) is 22.6. The van der Waals surface area contributed by atoms with Crippen molar-refractivity contribution in [2.24, 2.45) is 5.92 Å². The quantitative estimate of drug-likeness (QED) is 0.835. The molecule has 0 aliphatic heterocycles. The standard InChI is InChI=1S/C13H18N2O3/c1-9(13(17)18)8-14-12(16)11-6-3-7-15(11)10-4-2-5-10/h3,6-7,9-10H,2,4-5,8H2,1H3,(H,14,16)(H,17,18). The predicted molar refractivity (Wildman–Crippen MR) is 66.5 cm³/mol. The lowest BCUT2D eigenvalue weighted by Crippen LogP contribution is -2.33. The van der Waals surface area contributed by atoms with Crippen LogP contribution < -0.4 is 5.32 Å². The van der Waals surface area contributed by atoms with Crippen molar-refractivity contribution >= 4 is 11.9 Å². The van der Waals surface area contributed by atoms with Gasteiger partial charge in [0.05, 0.1) is 5.92 Å². The highest BCUT2D eigenvalue weighted by molar-refractivity contribution is 5.93. The fourth-order valence-electron chi connectivity index (χ4n) is 1.99. The Labute approximate surface area is 106 Å². The van der Waals surface area contributed by atoms with E-state index in [9.17, 15) is 9.59 Å². The molecule has 0 bridgehead atoms. The predicted octanol–water partition coefficient (Wildman–Crippen LogP) is 1.66. The topological polar surface area (TPSA) is 71.3 Å². The molecule has 2 rings (SSSR count). The molecule has 5 nitrogen and oxygen atoms in total.